The predicted octanol–water partition coefficient (Wildman–Crippen LogP) is 10.1. The van der Waals surface area contributed by atoms with E-state index >= 15 is 0 Å². The van der Waals surface area contributed by atoms with E-state index in [2.05, 4.69) is 180 Å². The van der Waals surface area contributed by atoms with Crippen molar-refractivity contribution in [1.29, 1.82) is 0 Å². The van der Waals surface area contributed by atoms with E-state index in [1.165, 1.54) is 15.6 Å². The Morgan fingerprint density at radius 3 is 1.02 bits per heavy atom. The van der Waals surface area contributed by atoms with E-state index in [-0.39, 0.29) is 0 Å². The van der Waals surface area contributed by atoms with Gasteiger partial charge in [0.25, 0.3) is 0 Å². The van der Waals surface area contributed by atoms with Crippen molar-refractivity contribution in [2.45, 2.75) is 0 Å². The van der Waals surface area contributed by atoms with Gasteiger partial charge in [-0.25, -0.2) is 0 Å². The maximum atomic E-state index is 5.11. The van der Waals surface area contributed by atoms with Crippen molar-refractivity contribution in [1.82, 2.24) is 15.0 Å². The van der Waals surface area contributed by atoms with Crippen LogP contribution in [0, 0.1) is 0 Å². The molecule has 49 heavy (non-hydrogen) atoms. The van der Waals surface area contributed by atoms with Crippen LogP contribution in [0.3, 0.4) is 0 Å². The van der Waals surface area contributed by atoms with Crippen molar-refractivity contribution < 1.29 is 0 Å². The van der Waals surface area contributed by atoms with Gasteiger partial charge in [-0.15, -0.1) is 0 Å². The van der Waals surface area contributed by atoms with E-state index in [1.807, 2.05) is 18.2 Å². The molecule has 232 valence electrons. The van der Waals surface area contributed by atoms with Gasteiger partial charge in [-0.1, -0.05) is 60.7 Å². The molecule has 0 aliphatic heterocycles. The van der Waals surface area contributed by atoms with E-state index in [9.17, 15) is 0 Å². The number of hydrogen-bond donors (Lipinski definition) is 0. The molecular weight excluding hydrogens is 661 g/mol. The summed E-state index contributed by atoms with van der Waals surface area (Å²) in [4.78, 5) is 15.3. The normalized spacial score (nSPS) is 11.0. The Bertz CT molecular complexity index is 2290. The Hall–Kier alpha value is -5.93. The van der Waals surface area contributed by atoms with E-state index in [0.717, 1.165) is 50.1 Å². The summed E-state index contributed by atoms with van der Waals surface area (Å²) in [5, 5.41) is 0. The molecule has 0 amide bonds. The first-order chi connectivity index (χ1) is 24.2. The Kier molecular flexibility index (Phi) is 8.48. The van der Waals surface area contributed by atoms with Crippen LogP contribution in [0.1, 0.15) is 0 Å². The first-order valence-corrected chi connectivity index (χ1v) is 17.2. The Labute approximate surface area is 294 Å². The third-order valence-corrected chi connectivity index (χ3v) is 9.65. The second-order valence-corrected chi connectivity index (χ2v) is 12.8. The van der Waals surface area contributed by atoms with Gasteiger partial charge in [-0.05, 0) is 0 Å². The molecule has 3 nitrogen and oxygen atoms in total. The molecule has 0 bridgehead atoms. The fourth-order valence-corrected chi connectivity index (χ4v) is 7.01. The monoisotopic (exact) mass is 693 g/mol. The quantitative estimate of drug-likeness (QED) is 0.156. The second-order valence-electron chi connectivity index (χ2n) is 11.8. The standard InChI is InChI=1S/C45H31N3Se/c49-42-40(33-18-8-3-9-19-33)26-13-27-41(42)36-22-12-25-39(30-36)45-47-43(37-23-10-20-34(28-37)31-14-4-1-5-15-31)46-44(48-45)38-24-11-21-35(29-38)32-16-6-2-7-17-32/h1-30,49H. The van der Waals surface area contributed by atoms with Gasteiger partial charge in [-0.3, -0.25) is 0 Å². The van der Waals surface area contributed by atoms with Crippen molar-refractivity contribution >= 4 is 20.5 Å². The zero-order valence-corrected chi connectivity index (χ0v) is 28.5. The molecule has 0 aliphatic carbocycles. The predicted molar refractivity (Wildman–Crippen MR) is 205 cm³/mol. The number of nitrogens with zero attached hydrogens (tertiary/aromatic N) is 3. The van der Waals surface area contributed by atoms with Crippen molar-refractivity contribution in [3.63, 3.8) is 0 Å². The Morgan fingerprint density at radius 2 is 0.571 bits per heavy atom. The van der Waals surface area contributed by atoms with Gasteiger partial charge in [-0.2, -0.15) is 0 Å². The average Bonchev–Trinajstić information content (AvgIpc) is 3.19. The molecule has 1 heterocycles. The van der Waals surface area contributed by atoms with Crippen LogP contribution in [0.15, 0.2) is 182 Å². The van der Waals surface area contributed by atoms with Crippen molar-refractivity contribution in [2.75, 3.05) is 0 Å². The summed E-state index contributed by atoms with van der Waals surface area (Å²) in [5.74, 6) is 1.89. The van der Waals surface area contributed by atoms with Gasteiger partial charge in [0.1, 0.15) is 0 Å². The molecule has 4 heteroatoms. The summed E-state index contributed by atoms with van der Waals surface area (Å²) in [5.41, 5.74) is 12.0. The van der Waals surface area contributed by atoms with E-state index in [4.69, 9.17) is 15.0 Å². The van der Waals surface area contributed by atoms with E-state index in [0.29, 0.717) is 17.5 Å². The van der Waals surface area contributed by atoms with Gasteiger partial charge in [0.15, 0.2) is 0 Å². The van der Waals surface area contributed by atoms with Crippen molar-refractivity contribution in [3.8, 4) is 78.7 Å². The summed E-state index contributed by atoms with van der Waals surface area (Å²) >= 11 is 2.78. The third-order valence-electron chi connectivity index (χ3n) is 8.64. The first-order valence-electron chi connectivity index (χ1n) is 16.3. The fourth-order valence-electron chi connectivity index (χ4n) is 6.15. The van der Waals surface area contributed by atoms with Crippen LogP contribution in [0.5, 0.6) is 0 Å². The van der Waals surface area contributed by atoms with E-state index < -0.39 is 0 Å². The number of benzene rings is 7. The topological polar surface area (TPSA) is 38.7 Å². The molecule has 1 aromatic heterocycles. The van der Waals surface area contributed by atoms with Gasteiger partial charge in [0.05, 0.1) is 0 Å². The molecule has 0 fully saturated rings. The number of hydrogen-bond acceptors (Lipinski definition) is 3. The van der Waals surface area contributed by atoms with Gasteiger partial charge >= 0.3 is 235 Å². The molecule has 0 aliphatic rings. The summed E-state index contributed by atoms with van der Waals surface area (Å²) in [6.07, 6.45) is 0. The van der Waals surface area contributed by atoms with Crippen molar-refractivity contribution in [2.24, 2.45) is 0 Å². The molecular formula is C45H31N3Se. The fraction of sp³-hybridized carbons (Fsp3) is 0. The molecule has 8 rings (SSSR count). The van der Waals surface area contributed by atoms with Gasteiger partial charge in [0.2, 0.25) is 0 Å². The number of aromatic nitrogens is 3. The summed E-state index contributed by atoms with van der Waals surface area (Å²) in [6, 6.07) is 63.1. The molecule has 0 saturated carbocycles. The van der Waals surface area contributed by atoms with Crippen LogP contribution in [0.2, 0.25) is 0 Å². The minimum absolute atomic E-state index is 0.628. The SMILES string of the molecule is [SeH]c1c(-c2ccccc2)cccc1-c1cccc(-c2nc(-c3cccc(-c4ccccc4)c3)nc(-c3cccc(-c4ccccc4)c3)n2)c1. The molecule has 0 unspecified atom stereocenters. The molecule has 0 radical (unpaired) electrons. The van der Waals surface area contributed by atoms with E-state index in [1.54, 1.807) is 0 Å². The summed E-state index contributed by atoms with van der Waals surface area (Å²) in [6.45, 7) is 0. The third kappa shape index (κ3) is 6.48. The van der Waals surface area contributed by atoms with Crippen LogP contribution >= 0.6 is 0 Å². The minimum atomic E-state index is 0.628. The van der Waals surface area contributed by atoms with Crippen LogP contribution in [0.4, 0.5) is 0 Å². The van der Waals surface area contributed by atoms with Crippen LogP contribution in [-0.4, -0.2) is 31.0 Å². The average molecular weight is 693 g/mol. The Morgan fingerprint density at radius 1 is 0.265 bits per heavy atom. The van der Waals surface area contributed by atoms with Gasteiger partial charge in [0, 0.05) is 0 Å². The molecule has 8 aromatic rings. The molecule has 0 N–H and O–H groups in total. The second kappa shape index (κ2) is 13.7. The maximum absolute atomic E-state index is 5.11. The van der Waals surface area contributed by atoms with Crippen LogP contribution in [0.25, 0.3) is 78.7 Å². The number of rotatable bonds is 7. The molecule has 0 saturated heterocycles. The molecule has 0 atom stereocenters. The van der Waals surface area contributed by atoms with Gasteiger partial charge < -0.3 is 0 Å². The zero-order chi connectivity index (χ0) is 33.0. The summed E-state index contributed by atoms with van der Waals surface area (Å²) < 4.78 is 1.17. The van der Waals surface area contributed by atoms with Crippen LogP contribution in [-0.2, 0) is 0 Å². The van der Waals surface area contributed by atoms with Crippen LogP contribution < -0.4 is 4.46 Å². The molecule has 0 spiro atoms. The Balaban J connectivity index is 1.26. The van der Waals surface area contributed by atoms with Crippen molar-refractivity contribution in [3.05, 3.63) is 182 Å². The summed E-state index contributed by atoms with van der Waals surface area (Å²) in [7, 11) is 0. The zero-order valence-electron chi connectivity index (χ0n) is 26.6. The first kappa shape index (κ1) is 30.4. The molecule has 7 aromatic carbocycles.